The van der Waals surface area contributed by atoms with Crippen LogP contribution < -0.4 is 11.4 Å². The lowest BCUT2D eigenvalue weighted by molar-refractivity contribution is 0.512. The van der Waals surface area contributed by atoms with E-state index in [1.807, 2.05) is 20.8 Å². The number of aromatic nitrogens is 3. The van der Waals surface area contributed by atoms with Crippen molar-refractivity contribution in [2.24, 2.45) is 5.73 Å². The third-order valence-electron chi connectivity index (χ3n) is 2.02. The maximum atomic E-state index is 11.3. The van der Waals surface area contributed by atoms with Gasteiger partial charge in [-0.3, -0.25) is 4.57 Å². The molecule has 1 aromatic rings. The lowest BCUT2D eigenvalue weighted by Crippen LogP contribution is -2.24. The van der Waals surface area contributed by atoms with E-state index in [-0.39, 0.29) is 17.8 Å². The molecule has 13 heavy (non-hydrogen) atoms. The number of nitrogens with zero attached hydrogens (tertiary/aromatic N) is 2. The van der Waals surface area contributed by atoms with Crippen LogP contribution in [0.25, 0.3) is 0 Å². The summed E-state index contributed by atoms with van der Waals surface area (Å²) in [4.78, 5) is 11.3. The van der Waals surface area contributed by atoms with Crippen molar-refractivity contribution in [1.82, 2.24) is 14.8 Å². The fourth-order valence-electron chi connectivity index (χ4n) is 1.26. The van der Waals surface area contributed by atoms with Crippen molar-refractivity contribution < 1.29 is 0 Å². The van der Waals surface area contributed by atoms with Crippen LogP contribution in [0, 0.1) is 0 Å². The average molecular weight is 184 g/mol. The first kappa shape index (κ1) is 9.98. The standard InChI is InChI=1S/C8H16N4O/c1-4-6(9)7-10-11-8(13)12(7)5(2)3/h5-6H,4,9H2,1-3H3,(H,11,13)/t6-/m0/s1. The van der Waals surface area contributed by atoms with E-state index in [0.717, 1.165) is 6.42 Å². The highest BCUT2D eigenvalue weighted by molar-refractivity contribution is 4.94. The summed E-state index contributed by atoms with van der Waals surface area (Å²) in [5.74, 6) is 0.641. The molecule has 74 valence electrons. The van der Waals surface area contributed by atoms with Crippen LogP contribution in [0.3, 0.4) is 0 Å². The van der Waals surface area contributed by atoms with Gasteiger partial charge in [0, 0.05) is 6.04 Å². The molecule has 0 unspecified atom stereocenters. The van der Waals surface area contributed by atoms with Crippen LogP contribution in [0.5, 0.6) is 0 Å². The molecule has 1 aromatic heterocycles. The molecule has 1 rings (SSSR count). The number of nitrogens with one attached hydrogen (secondary N) is 1. The minimum absolute atomic E-state index is 0.0962. The van der Waals surface area contributed by atoms with Crippen molar-refractivity contribution in [2.45, 2.75) is 39.3 Å². The molecule has 0 radical (unpaired) electrons. The van der Waals surface area contributed by atoms with Gasteiger partial charge in [-0.05, 0) is 20.3 Å². The van der Waals surface area contributed by atoms with Crippen molar-refractivity contribution in [2.75, 3.05) is 0 Å². The molecule has 5 nitrogen and oxygen atoms in total. The van der Waals surface area contributed by atoms with E-state index in [0.29, 0.717) is 5.82 Å². The van der Waals surface area contributed by atoms with Gasteiger partial charge in [0.15, 0.2) is 5.82 Å². The number of H-pyrrole nitrogens is 1. The second kappa shape index (κ2) is 3.74. The summed E-state index contributed by atoms with van der Waals surface area (Å²) in [6.45, 7) is 5.83. The fourth-order valence-corrected chi connectivity index (χ4v) is 1.26. The van der Waals surface area contributed by atoms with Crippen LogP contribution in [0.2, 0.25) is 0 Å². The van der Waals surface area contributed by atoms with Crippen molar-refractivity contribution in [3.05, 3.63) is 16.3 Å². The molecular formula is C8H16N4O. The number of rotatable bonds is 3. The highest BCUT2D eigenvalue weighted by atomic mass is 16.1. The molecule has 0 amide bonds. The quantitative estimate of drug-likeness (QED) is 0.720. The second-order valence-corrected chi connectivity index (χ2v) is 3.37. The maximum Gasteiger partial charge on any atom is 0.343 e. The van der Waals surface area contributed by atoms with Gasteiger partial charge >= 0.3 is 5.69 Å². The van der Waals surface area contributed by atoms with Gasteiger partial charge in [-0.25, -0.2) is 9.89 Å². The van der Waals surface area contributed by atoms with Crippen LogP contribution in [0.1, 0.15) is 45.1 Å². The Hall–Kier alpha value is -1.10. The maximum absolute atomic E-state index is 11.3. The van der Waals surface area contributed by atoms with E-state index in [1.165, 1.54) is 0 Å². The van der Waals surface area contributed by atoms with E-state index in [2.05, 4.69) is 10.2 Å². The minimum atomic E-state index is -0.186. The Morgan fingerprint density at radius 1 is 1.62 bits per heavy atom. The molecule has 5 heteroatoms. The van der Waals surface area contributed by atoms with Crippen molar-refractivity contribution in [3.63, 3.8) is 0 Å². The molecule has 0 bridgehead atoms. The summed E-state index contributed by atoms with van der Waals surface area (Å²) < 4.78 is 1.59. The largest absolute Gasteiger partial charge is 0.343 e. The molecule has 0 fully saturated rings. The summed E-state index contributed by atoms with van der Waals surface area (Å²) in [6, 6.07) is -0.0693. The lowest BCUT2D eigenvalue weighted by atomic mass is 10.2. The Kier molecular flexibility index (Phi) is 2.87. The summed E-state index contributed by atoms with van der Waals surface area (Å²) in [5, 5.41) is 6.32. The van der Waals surface area contributed by atoms with E-state index in [1.54, 1.807) is 4.57 Å². The Bertz CT molecular complexity index is 325. The number of aromatic amines is 1. The zero-order chi connectivity index (χ0) is 10.0. The zero-order valence-corrected chi connectivity index (χ0v) is 8.24. The summed E-state index contributed by atoms with van der Waals surface area (Å²) in [6.07, 6.45) is 0.775. The normalized spacial score (nSPS) is 13.6. The topological polar surface area (TPSA) is 76.7 Å². The Labute approximate surface area is 76.9 Å². The molecule has 0 aromatic carbocycles. The van der Waals surface area contributed by atoms with Crippen molar-refractivity contribution >= 4 is 0 Å². The van der Waals surface area contributed by atoms with Crippen LogP contribution in [-0.2, 0) is 0 Å². The zero-order valence-electron chi connectivity index (χ0n) is 8.24. The predicted octanol–water partition coefficient (Wildman–Crippen LogP) is 0.562. The highest BCUT2D eigenvalue weighted by Crippen LogP contribution is 2.12. The van der Waals surface area contributed by atoms with Gasteiger partial charge in [-0.15, -0.1) is 0 Å². The third kappa shape index (κ3) is 1.80. The van der Waals surface area contributed by atoms with Crippen LogP contribution >= 0.6 is 0 Å². The minimum Gasteiger partial charge on any atom is -0.321 e. The first-order chi connectivity index (χ1) is 6.07. The first-order valence-electron chi connectivity index (χ1n) is 4.50. The lowest BCUT2D eigenvalue weighted by Gasteiger charge is -2.12. The predicted molar refractivity (Wildman–Crippen MR) is 50.5 cm³/mol. The van der Waals surface area contributed by atoms with Gasteiger partial charge < -0.3 is 5.73 Å². The van der Waals surface area contributed by atoms with Gasteiger partial charge in [0.2, 0.25) is 0 Å². The molecule has 0 aliphatic rings. The first-order valence-corrected chi connectivity index (χ1v) is 4.50. The Morgan fingerprint density at radius 3 is 2.69 bits per heavy atom. The molecule has 1 heterocycles. The number of nitrogens with two attached hydrogens (primary N) is 1. The van der Waals surface area contributed by atoms with Crippen LogP contribution in [0.15, 0.2) is 4.79 Å². The van der Waals surface area contributed by atoms with Crippen molar-refractivity contribution in [3.8, 4) is 0 Å². The summed E-state index contributed by atoms with van der Waals surface area (Å²) >= 11 is 0. The van der Waals surface area contributed by atoms with E-state index in [9.17, 15) is 4.79 Å². The van der Waals surface area contributed by atoms with Crippen LogP contribution in [0.4, 0.5) is 0 Å². The smallest absolute Gasteiger partial charge is 0.321 e. The third-order valence-corrected chi connectivity index (χ3v) is 2.02. The van der Waals surface area contributed by atoms with E-state index in [4.69, 9.17) is 5.73 Å². The Morgan fingerprint density at radius 2 is 2.23 bits per heavy atom. The van der Waals surface area contributed by atoms with Gasteiger partial charge in [-0.1, -0.05) is 6.92 Å². The van der Waals surface area contributed by atoms with Gasteiger partial charge in [0.1, 0.15) is 0 Å². The molecule has 0 aliphatic carbocycles. The van der Waals surface area contributed by atoms with E-state index >= 15 is 0 Å². The Balaban J connectivity index is 3.15. The number of hydrogen-bond acceptors (Lipinski definition) is 3. The second-order valence-electron chi connectivity index (χ2n) is 3.37. The van der Waals surface area contributed by atoms with Gasteiger partial charge in [0.25, 0.3) is 0 Å². The molecule has 0 saturated carbocycles. The highest BCUT2D eigenvalue weighted by Gasteiger charge is 2.15. The molecule has 1 atom stereocenters. The summed E-state index contributed by atoms with van der Waals surface area (Å²) in [5.41, 5.74) is 5.62. The number of hydrogen-bond donors (Lipinski definition) is 2. The summed E-state index contributed by atoms with van der Waals surface area (Å²) in [7, 11) is 0. The molecule has 3 N–H and O–H groups in total. The molecule has 0 saturated heterocycles. The average Bonchev–Trinajstić information content (AvgIpc) is 2.45. The van der Waals surface area contributed by atoms with E-state index < -0.39 is 0 Å². The molecule has 0 aliphatic heterocycles. The van der Waals surface area contributed by atoms with Crippen molar-refractivity contribution in [1.29, 1.82) is 0 Å². The van der Waals surface area contributed by atoms with Gasteiger partial charge in [-0.2, -0.15) is 5.10 Å². The fraction of sp³-hybridized carbons (Fsp3) is 0.750. The SMILES string of the molecule is CC[C@H](N)c1n[nH]c(=O)n1C(C)C. The van der Waals surface area contributed by atoms with Crippen LogP contribution in [-0.4, -0.2) is 14.8 Å². The molecule has 0 spiro atoms. The molecular weight excluding hydrogens is 168 g/mol. The van der Waals surface area contributed by atoms with Gasteiger partial charge in [0.05, 0.1) is 6.04 Å². The monoisotopic (exact) mass is 184 g/mol.